The molecule has 1 aromatic carbocycles. The van der Waals surface area contributed by atoms with E-state index in [1.165, 1.54) is 0 Å². The van der Waals surface area contributed by atoms with Crippen molar-refractivity contribution < 1.29 is 24.0 Å². The number of ether oxygens (including phenoxy) is 1. The number of amides is 2. The number of piperidine rings is 1. The number of nitrogens with one attached hydrogen (secondary N) is 1. The average Bonchev–Trinajstić information content (AvgIpc) is 3.56. The van der Waals surface area contributed by atoms with E-state index in [2.05, 4.69) is 15.5 Å². The third kappa shape index (κ3) is 5.97. The zero-order chi connectivity index (χ0) is 27.6. The van der Waals surface area contributed by atoms with Crippen molar-refractivity contribution in [1.29, 1.82) is 0 Å². The van der Waals surface area contributed by atoms with Crippen LogP contribution in [0.2, 0.25) is 0 Å². The number of hydrogen-bond acceptors (Lipinski definition) is 7. The number of likely N-dealkylation sites (tertiary alicyclic amines) is 1. The summed E-state index contributed by atoms with van der Waals surface area (Å²) in [6.45, 7) is 7.30. The summed E-state index contributed by atoms with van der Waals surface area (Å²) >= 11 is 0. The number of carbonyl (C=O) groups excluding carboxylic acids is 2. The van der Waals surface area contributed by atoms with Crippen LogP contribution >= 0.6 is 0 Å². The van der Waals surface area contributed by atoms with Gasteiger partial charge in [0.1, 0.15) is 11.4 Å². The zero-order valence-corrected chi connectivity index (χ0v) is 22.6. The molecular weight excluding hydrogens is 496 g/mol. The molecule has 1 fully saturated rings. The zero-order valence-electron chi connectivity index (χ0n) is 22.6. The monoisotopic (exact) mass is 530 g/mol. The van der Waals surface area contributed by atoms with Crippen LogP contribution in [0, 0.1) is 5.92 Å². The molecule has 204 valence electrons. The van der Waals surface area contributed by atoms with Crippen LogP contribution in [-0.2, 0) is 11.2 Å². The minimum Gasteiger partial charge on any atom is -0.450 e. The van der Waals surface area contributed by atoms with Crippen LogP contribution in [0.25, 0.3) is 22.5 Å². The van der Waals surface area contributed by atoms with E-state index in [1.807, 2.05) is 51.1 Å². The molecule has 1 aliphatic heterocycles. The number of oxime groups is 1. The summed E-state index contributed by atoms with van der Waals surface area (Å²) < 4.78 is 11.7. The summed E-state index contributed by atoms with van der Waals surface area (Å²) in [5.74, 6) is 0.832. The lowest BCUT2D eigenvalue weighted by Gasteiger charge is -2.33. The molecule has 2 aromatic heterocycles. The first-order chi connectivity index (χ1) is 18.7. The molecule has 0 bridgehead atoms. The van der Waals surface area contributed by atoms with Gasteiger partial charge in [-0.15, -0.1) is 0 Å². The molecule has 0 atom stereocenters. The van der Waals surface area contributed by atoms with Crippen LogP contribution < -0.4 is 5.32 Å². The maximum atomic E-state index is 13.2. The van der Waals surface area contributed by atoms with Crippen molar-refractivity contribution in [3.05, 3.63) is 65.7 Å². The van der Waals surface area contributed by atoms with Crippen LogP contribution in [-0.4, -0.2) is 58.0 Å². The van der Waals surface area contributed by atoms with E-state index in [4.69, 9.17) is 9.15 Å². The third-order valence-electron chi connectivity index (χ3n) is 7.19. The first-order valence-electron chi connectivity index (χ1n) is 13.4. The predicted molar refractivity (Wildman–Crippen MR) is 147 cm³/mol. The number of nitrogens with zero attached hydrogens (tertiary/aromatic N) is 3. The van der Waals surface area contributed by atoms with Crippen molar-refractivity contribution in [2.75, 3.05) is 19.6 Å². The Morgan fingerprint density at radius 3 is 2.51 bits per heavy atom. The van der Waals surface area contributed by atoms with E-state index in [0.717, 1.165) is 47.1 Å². The molecule has 9 nitrogen and oxygen atoms in total. The fraction of sp³-hybridized carbons (Fsp3) is 0.400. The number of fused-ring (bicyclic) bond motifs is 1. The van der Waals surface area contributed by atoms with Gasteiger partial charge in [0.25, 0.3) is 5.91 Å². The lowest BCUT2D eigenvalue weighted by atomic mass is 9.97. The Hall–Kier alpha value is -4.14. The summed E-state index contributed by atoms with van der Waals surface area (Å²) in [4.78, 5) is 31.3. The van der Waals surface area contributed by atoms with Crippen LogP contribution in [0.4, 0.5) is 4.79 Å². The van der Waals surface area contributed by atoms with Gasteiger partial charge in [-0.1, -0.05) is 17.3 Å². The van der Waals surface area contributed by atoms with Gasteiger partial charge in [-0.2, -0.15) is 0 Å². The molecule has 5 rings (SSSR count). The second-order valence-electron chi connectivity index (χ2n) is 11.1. The lowest BCUT2D eigenvalue weighted by molar-refractivity contribution is 0.0183. The molecule has 1 aliphatic carbocycles. The van der Waals surface area contributed by atoms with Gasteiger partial charge in [-0.05, 0) is 87.8 Å². The molecule has 2 aliphatic rings. The molecule has 0 unspecified atom stereocenters. The van der Waals surface area contributed by atoms with Crippen molar-refractivity contribution in [2.24, 2.45) is 11.1 Å². The van der Waals surface area contributed by atoms with E-state index in [9.17, 15) is 14.8 Å². The van der Waals surface area contributed by atoms with Crippen molar-refractivity contribution in [1.82, 2.24) is 15.2 Å². The molecule has 3 aromatic rings. The normalized spacial score (nSPS) is 16.8. The Bertz CT molecular complexity index is 1380. The number of carbonyl (C=O) groups is 2. The second-order valence-corrected chi connectivity index (χ2v) is 11.1. The summed E-state index contributed by atoms with van der Waals surface area (Å²) in [7, 11) is 0. The SMILES string of the molecule is CC(C)(C)OC(=O)N1CCC(CNC(=O)c2cc(-c3ccncc3)c(-c3ccc4c(c3)CCC4=NO)o2)CC1. The molecule has 2 N–H and O–H groups in total. The lowest BCUT2D eigenvalue weighted by Crippen LogP contribution is -2.43. The molecule has 39 heavy (non-hydrogen) atoms. The van der Waals surface area contributed by atoms with Crippen molar-refractivity contribution in [3.63, 3.8) is 0 Å². The Morgan fingerprint density at radius 1 is 1.08 bits per heavy atom. The highest BCUT2D eigenvalue weighted by Gasteiger charge is 2.28. The molecule has 0 spiro atoms. The van der Waals surface area contributed by atoms with Crippen molar-refractivity contribution in [3.8, 4) is 22.5 Å². The van der Waals surface area contributed by atoms with E-state index < -0.39 is 5.60 Å². The number of aromatic nitrogens is 1. The minimum atomic E-state index is -0.519. The molecule has 3 heterocycles. The van der Waals surface area contributed by atoms with E-state index in [1.54, 1.807) is 23.4 Å². The van der Waals surface area contributed by atoms with Gasteiger partial charge in [0.2, 0.25) is 0 Å². The summed E-state index contributed by atoms with van der Waals surface area (Å²) in [6.07, 6.45) is 6.19. The van der Waals surface area contributed by atoms with Crippen molar-refractivity contribution >= 4 is 17.7 Å². The number of benzene rings is 1. The summed E-state index contributed by atoms with van der Waals surface area (Å²) in [5, 5.41) is 15.7. The van der Waals surface area contributed by atoms with Gasteiger partial charge < -0.3 is 24.6 Å². The van der Waals surface area contributed by atoms with Crippen molar-refractivity contribution in [2.45, 2.75) is 52.1 Å². The van der Waals surface area contributed by atoms with Gasteiger partial charge in [0.15, 0.2) is 5.76 Å². The summed E-state index contributed by atoms with van der Waals surface area (Å²) in [6, 6.07) is 11.5. The standard InChI is InChI=1S/C30H34N4O5/c1-30(2,3)39-29(36)34-14-10-19(11-15-34)18-32-28(35)26-17-24(20-8-12-31-13-9-20)27(38-26)22-4-6-23-21(16-22)5-7-25(23)33-37/h4,6,8-9,12-13,16-17,19,37H,5,7,10-11,14-15,18H2,1-3H3,(H,32,35). The van der Waals surface area contributed by atoms with Gasteiger partial charge in [0, 0.05) is 48.7 Å². The molecule has 0 radical (unpaired) electrons. The molecule has 0 saturated carbocycles. The Balaban J connectivity index is 1.29. The van der Waals surface area contributed by atoms with Crippen LogP contribution in [0.15, 0.2) is 58.4 Å². The number of aryl methyl sites for hydroxylation is 1. The molecular formula is C30H34N4O5. The van der Waals surface area contributed by atoms with Gasteiger partial charge >= 0.3 is 6.09 Å². The van der Waals surface area contributed by atoms with Crippen LogP contribution in [0.1, 0.15) is 61.7 Å². The quantitative estimate of drug-likeness (QED) is 0.332. The predicted octanol–water partition coefficient (Wildman–Crippen LogP) is 5.51. The van der Waals surface area contributed by atoms with E-state index in [0.29, 0.717) is 37.5 Å². The number of rotatable bonds is 5. The highest BCUT2D eigenvalue weighted by atomic mass is 16.6. The number of hydrogen-bond donors (Lipinski definition) is 2. The largest absolute Gasteiger partial charge is 0.450 e. The molecule has 9 heteroatoms. The Labute approximate surface area is 227 Å². The summed E-state index contributed by atoms with van der Waals surface area (Å²) in [5.41, 5.74) is 4.75. The van der Waals surface area contributed by atoms with Gasteiger partial charge in [-0.3, -0.25) is 9.78 Å². The topological polar surface area (TPSA) is 117 Å². The highest BCUT2D eigenvalue weighted by Crippen LogP contribution is 2.37. The number of furan rings is 1. The molecule has 2 amide bonds. The second kappa shape index (κ2) is 10.9. The maximum absolute atomic E-state index is 13.2. The number of pyridine rings is 1. The van der Waals surface area contributed by atoms with Gasteiger partial charge in [0.05, 0.1) is 5.71 Å². The fourth-order valence-electron chi connectivity index (χ4n) is 5.15. The average molecular weight is 531 g/mol. The first kappa shape index (κ1) is 26.5. The Morgan fingerprint density at radius 2 is 1.82 bits per heavy atom. The van der Waals surface area contributed by atoms with E-state index in [-0.39, 0.29) is 23.7 Å². The third-order valence-corrected chi connectivity index (χ3v) is 7.19. The van der Waals surface area contributed by atoms with Gasteiger partial charge in [-0.25, -0.2) is 4.79 Å². The molecule has 1 saturated heterocycles. The smallest absolute Gasteiger partial charge is 0.410 e. The highest BCUT2D eigenvalue weighted by molar-refractivity contribution is 6.04. The Kier molecular flexibility index (Phi) is 7.41. The minimum absolute atomic E-state index is 0.237. The van der Waals surface area contributed by atoms with Crippen LogP contribution in [0.3, 0.4) is 0 Å². The maximum Gasteiger partial charge on any atom is 0.410 e. The van der Waals surface area contributed by atoms with Crippen LogP contribution in [0.5, 0.6) is 0 Å². The van der Waals surface area contributed by atoms with E-state index >= 15 is 0 Å². The first-order valence-corrected chi connectivity index (χ1v) is 13.4. The fourth-order valence-corrected chi connectivity index (χ4v) is 5.15.